The number of ether oxygens (including phenoxy) is 1. The highest BCUT2D eigenvalue weighted by Gasteiger charge is 2.42. The molecule has 3 nitrogen and oxygen atoms in total. The molecule has 2 atom stereocenters. The van der Waals surface area contributed by atoms with Crippen LogP contribution < -0.4 is 0 Å². The van der Waals surface area contributed by atoms with E-state index >= 15 is 0 Å². The molecule has 1 spiro atoms. The highest BCUT2D eigenvalue weighted by atomic mass is 16.5. The monoisotopic (exact) mass is 226 g/mol. The Morgan fingerprint density at radius 3 is 2.81 bits per heavy atom. The maximum atomic E-state index is 12.0. The molecule has 2 rings (SSSR count). The van der Waals surface area contributed by atoms with Crippen molar-refractivity contribution in [2.75, 3.05) is 6.61 Å². The molecule has 0 bridgehead atoms. The van der Waals surface area contributed by atoms with Gasteiger partial charge in [0.05, 0.1) is 5.60 Å². The summed E-state index contributed by atoms with van der Waals surface area (Å²) in [5.41, 5.74) is -0.0218. The van der Waals surface area contributed by atoms with Gasteiger partial charge in [-0.25, -0.2) is 0 Å². The second-order valence-electron chi connectivity index (χ2n) is 5.25. The molecule has 0 aromatic carbocycles. The molecule has 3 heteroatoms. The second kappa shape index (κ2) is 4.84. The first kappa shape index (κ1) is 12.1. The number of hydrogen-bond acceptors (Lipinski definition) is 3. The van der Waals surface area contributed by atoms with E-state index < -0.39 is 6.10 Å². The Bertz CT molecular complexity index is 256. The molecule has 1 heterocycles. The van der Waals surface area contributed by atoms with Gasteiger partial charge in [0.1, 0.15) is 6.10 Å². The minimum atomic E-state index is -0.762. The predicted octanol–water partition coefficient (Wildman–Crippen LogP) is 2.07. The van der Waals surface area contributed by atoms with E-state index in [1.165, 1.54) is 12.8 Å². The Kier molecular flexibility index (Phi) is 3.65. The summed E-state index contributed by atoms with van der Waals surface area (Å²) >= 11 is 0. The predicted molar refractivity (Wildman–Crippen MR) is 61.2 cm³/mol. The van der Waals surface area contributed by atoms with Gasteiger partial charge < -0.3 is 9.84 Å². The van der Waals surface area contributed by atoms with Crippen molar-refractivity contribution < 1.29 is 14.6 Å². The number of carbonyl (C=O) groups excluding carboxylic acids is 1. The summed E-state index contributed by atoms with van der Waals surface area (Å²) in [6, 6.07) is 0. The molecule has 92 valence electrons. The van der Waals surface area contributed by atoms with Gasteiger partial charge in [-0.05, 0) is 32.1 Å². The fourth-order valence-electron chi connectivity index (χ4n) is 3.11. The molecule has 2 unspecified atom stereocenters. The van der Waals surface area contributed by atoms with E-state index in [1.807, 2.05) is 6.92 Å². The number of aliphatic hydroxyl groups excluding tert-OH is 1. The zero-order chi connectivity index (χ0) is 11.6. The van der Waals surface area contributed by atoms with Crippen LogP contribution in [0.2, 0.25) is 0 Å². The number of carbonyl (C=O) groups is 1. The summed E-state index contributed by atoms with van der Waals surface area (Å²) < 4.78 is 5.89. The molecular weight excluding hydrogens is 204 g/mol. The first-order chi connectivity index (χ1) is 7.67. The average Bonchev–Trinajstić information content (AvgIpc) is 2.75. The van der Waals surface area contributed by atoms with Crippen LogP contribution in [-0.2, 0) is 9.53 Å². The van der Waals surface area contributed by atoms with Crippen LogP contribution >= 0.6 is 0 Å². The third-order valence-electron chi connectivity index (χ3n) is 4.13. The fourth-order valence-corrected chi connectivity index (χ4v) is 3.11. The van der Waals surface area contributed by atoms with Crippen molar-refractivity contribution in [1.29, 1.82) is 0 Å². The summed E-state index contributed by atoms with van der Waals surface area (Å²) in [4.78, 5) is 12.0. The van der Waals surface area contributed by atoms with Crippen LogP contribution in [0, 0.1) is 5.92 Å². The van der Waals surface area contributed by atoms with Crippen LogP contribution in [0.1, 0.15) is 51.9 Å². The van der Waals surface area contributed by atoms with Gasteiger partial charge in [-0.2, -0.15) is 0 Å². The minimum Gasteiger partial charge on any atom is -0.385 e. The van der Waals surface area contributed by atoms with Gasteiger partial charge in [0.25, 0.3) is 0 Å². The summed E-state index contributed by atoms with van der Waals surface area (Å²) in [6.07, 6.45) is 6.03. The van der Waals surface area contributed by atoms with Crippen molar-refractivity contribution >= 4 is 5.78 Å². The quantitative estimate of drug-likeness (QED) is 0.801. The molecule has 16 heavy (non-hydrogen) atoms. The SMILES string of the molecule is CCC(O)C(=O)C1CCOC2(CCCC2)C1. The molecule has 1 aliphatic heterocycles. The van der Waals surface area contributed by atoms with Crippen molar-refractivity contribution in [3.8, 4) is 0 Å². The maximum absolute atomic E-state index is 12.0. The van der Waals surface area contributed by atoms with Gasteiger partial charge in [0.2, 0.25) is 0 Å². The van der Waals surface area contributed by atoms with Crippen molar-refractivity contribution in [3.63, 3.8) is 0 Å². The Hall–Kier alpha value is -0.410. The first-order valence-corrected chi connectivity index (χ1v) is 6.52. The molecule has 1 saturated carbocycles. The molecule has 2 aliphatic rings. The Labute approximate surface area is 97.2 Å². The van der Waals surface area contributed by atoms with Crippen molar-refractivity contribution in [2.45, 2.75) is 63.6 Å². The van der Waals surface area contributed by atoms with Crippen molar-refractivity contribution in [2.24, 2.45) is 5.92 Å². The van der Waals surface area contributed by atoms with E-state index in [0.29, 0.717) is 13.0 Å². The van der Waals surface area contributed by atoms with Gasteiger partial charge >= 0.3 is 0 Å². The minimum absolute atomic E-state index is 0.0218. The molecule has 0 aromatic heterocycles. The number of ketones is 1. The largest absolute Gasteiger partial charge is 0.385 e. The normalized spacial score (nSPS) is 30.5. The lowest BCUT2D eigenvalue weighted by molar-refractivity contribution is -0.144. The lowest BCUT2D eigenvalue weighted by atomic mass is 9.81. The van der Waals surface area contributed by atoms with E-state index in [-0.39, 0.29) is 17.3 Å². The molecule has 1 saturated heterocycles. The van der Waals surface area contributed by atoms with Gasteiger partial charge in [-0.1, -0.05) is 19.8 Å². The van der Waals surface area contributed by atoms with E-state index in [2.05, 4.69) is 0 Å². The molecule has 2 fully saturated rings. The number of hydrogen-bond donors (Lipinski definition) is 1. The van der Waals surface area contributed by atoms with Gasteiger partial charge in [-0.15, -0.1) is 0 Å². The summed E-state index contributed by atoms with van der Waals surface area (Å²) in [7, 11) is 0. The van der Waals surface area contributed by atoms with E-state index in [9.17, 15) is 9.90 Å². The molecule has 0 radical (unpaired) electrons. The standard InChI is InChI=1S/C13H22O3/c1-2-11(14)12(15)10-5-8-16-13(9-10)6-3-4-7-13/h10-11,14H,2-9H2,1H3. The summed E-state index contributed by atoms with van der Waals surface area (Å²) in [5.74, 6) is 0.0684. The van der Waals surface area contributed by atoms with Gasteiger partial charge in [-0.3, -0.25) is 4.79 Å². The molecule has 0 amide bonds. The van der Waals surface area contributed by atoms with Crippen LogP contribution in [0.5, 0.6) is 0 Å². The van der Waals surface area contributed by atoms with Gasteiger partial charge in [0, 0.05) is 12.5 Å². The molecular formula is C13H22O3. The number of aliphatic hydroxyl groups is 1. The van der Waals surface area contributed by atoms with Crippen molar-refractivity contribution in [1.82, 2.24) is 0 Å². The lowest BCUT2D eigenvalue weighted by Gasteiger charge is -2.38. The van der Waals surface area contributed by atoms with E-state index in [1.54, 1.807) is 0 Å². The van der Waals surface area contributed by atoms with Crippen molar-refractivity contribution in [3.05, 3.63) is 0 Å². The third kappa shape index (κ3) is 2.30. The zero-order valence-electron chi connectivity index (χ0n) is 10.1. The highest BCUT2D eigenvalue weighted by molar-refractivity contribution is 5.85. The Morgan fingerprint density at radius 1 is 1.50 bits per heavy atom. The second-order valence-corrected chi connectivity index (χ2v) is 5.25. The van der Waals surface area contributed by atoms with Crippen LogP contribution in [0.25, 0.3) is 0 Å². The summed E-state index contributed by atoms with van der Waals surface area (Å²) in [6.45, 7) is 2.54. The zero-order valence-corrected chi connectivity index (χ0v) is 10.1. The van der Waals surface area contributed by atoms with Gasteiger partial charge in [0.15, 0.2) is 5.78 Å². The molecule has 1 aliphatic carbocycles. The highest BCUT2D eigenvalue weighted by Crippen LogP contribution is 2.42. The topological polar surface area (TPSA) is 46.5 Å². The smallest absolute Gasteiger partial charge is 0.164 e. The van der Waals surface area contributed by atoms with Crippen LogP contribution in [0.15, 0.2) is 0 Å². The van der Waals surface area contributed by atoms with Crippen LogP contribution in [-0.4, -0.2) is 29.2 Å². The maximum Gasteiger partial charge on any atom is 0.164 e. The summed E-state index contributed by atoms with van der Waals surface area (Å²) in [5, 5.41) is 9.62. The lowest BCUT2D eigenvalue weighted by Crippen LogP contribution is -2.42. The van der Waals surface area contributed by atoms with E-state index in [0.717, 1.165) is 25.7 Å². The molecule has 0 aromatic rings. The Morgan fingerprint density at radius 2 is 2.19 bits per heavy atom. The Balaban J connectivity index is 1.98. The average molecular weight is 226 g/mol. The molecule has 1 N–H and O–H groups in total. The fraction of sp³-hybridized carbons (Fsp3) is 0.923. The number of rotatable bonds is 3. The van der Waals surface area contributed by atoms with E-state index in [4.69, 9.17) is 4.74 Å². The third-order valence-corrected chi connectivity index (χ3v) is 4.13. The number of Topliss-reactive ketones (excluding diaryl/α,β-unsaturated/α-hetero) is 1. The first-order valence-electron chi connectivity index (χ1n) is 6.52. The van der Waals surface area contributed by atoms with Crippen LogP contribution in [0.4, 0.5) is 0 Å². The van der Waals surface area contributed by atoms with Crippen LogP contribution in [0.3, 0.4) is 0 Å².